The molecule has 0 spiro atoms. The first-order chi connectivity index (χ1) is 14.9. The van der Waals surface area contributed by atoms with Gasteiger partial charge in [-0.25, -0.2) is 0 Å². The molecule has 0 bridgehead atoms. The number of amides is 3. The van der Waals surface area contributed by atoms with Crippen molar-refractivity contribution in [3.8, 4) is 0 Å². The lowest BCUT2D eigenvalue weighted by molar-refractivity contribution is -0.132. The van der Waals surface area contributed by atoms with Gasteiger partial charge in [-0.3, -0.25) is 30.2 Å². The number of anilines is 1. The predicted molar refractivity (Wildman–Crippen MR) is 118 cm³/mol. The fourth-order valence-corrected chi connectivity index (χ4v) is 3.63. The molecule has 0 aliphatic carbocycles. The number of nitrogens with zero attached hydrogens (tertiary/aromatic N) is 3. The molecule has 31 heavy (non-hydrogen) atoms. The molecule has 0 unspecified atom stereocenters. The largest absolute Gasteiger partial charge is 0.368 e. The van der Waals surface area contributed by atoms with Crippen LogP contribution in [-0.2, 0) is 9.59 Å². The number of hydrogen-bond donors (Lipinski definition) is 2. The van der Waals surface area contributed by atoms with Gasteiger partial charge >= 0.3 is 0 Å². The van der Waals surface area contributed by atoms with Crippen LogP contribution in [0.25, 0.3) is 0 Å². The normalized spacial score (nSPS) is 14.6. The minimum absolute atomic E-state index is 0.0328. The predicted octanol–water partition coefficient (Wildman–Crippen LogP) is 2.26. The van der Waals surface area contributed by atoms with Gasteiger partial charge in [0.15, 0.2) is 0 Å². The molecule has 1 atom stereocenters. The molecule has 1 aromatic heterocycles. The van der Waals surface area contributed by atoms with E-state index in [9.17, 15) is 14.4 Å². The third-order valence-electron chi connectivity index (χ3n) is 5.10. The summed E-state index contributed by atoms with van der Waals surface area (Å²) in [5.41, 5.74) is 6.14. The van der Waals surface area contributed by atoms with Gasteiger partial charge in [-0.05, 0) is 36.2 Å². The Hall–Kier alpha value is -3.13. The van der Waals surface area contributed by atoms with E-state index in [0.717, 1.165) is 18.8 Å². The number of rotatable bonds is 6. The zero-order valence-corrected chi connectivity index (χ0v) is 18.1. The van der Waals surface area contributed by atoms with Crippen molar-refractivity contribution in [2.75, 3.05) is 31.1 Å². The van der Waals surface area contributed by atoms with Crippen molar-refractivity contribution in [2.45, 2.75) is 19.8 Å². The average Bonchev–Trinajstić information content (AvgIpc) is 2.78. The maximum absolute atomic E-state index is 12.6. The lowest BCUT2D eigenvalue weighted by Gasteiger charge is -2.36. The first kappa shape index (κ1) is 22.6. The van der Waals surface area contributed by atoms with E-state index in [0.29, 0.717) is 23.7 Å². The fraction of sp³-hybridized carbons (Fsp3) is 0.364. The van der Waals surface area contributed by atoms with Crippen LogP contribution in [0.1, 0.15) is 30.1 Å². The third-order valence-corrected chi connectivity index (χ3v) is 5.34. The lowest BCUT2D eigenvalue weighted by atomic mass is 10.0. The summed E-state index contributed by atoms with van der Waals surface area (Å²) in [7, 11) is 0. The van der Waals surface area contributed by atoms with Crippen molar-refractivity contribution >= 4 is 35.0 Å². The average molecular weight is 444 g/mol. The van der Waals surface area contributed by atoms with E-state index in [2.05, 4.69) is 20.7 Å². The molecule has 1 fully saturated rings. The van der Waals surface area contributed by atoms with Crippen molar-refractivity contribution in [1.82, 2.24) is 20.7 Å². The first-order valence-electron chi connectivity index (χ1n) is 10.2. The van der Waals surface area contributed by atoms with E-state index in [4.69, 9.17) is 11.6 Å². The monoisotopic (exact) mass is 443 g/mol. The second-order valence-electron chi connectivity index (χ2n) is 7.61. The summed E-state index contributed by atoms with van der Waals surface area (Å²) in [6, 6.07) is 10.9. The molecule has 0 radical (unpaired) electrons. The second kappa shape index (κ2) is 10.8. The Balaban J connectivity index is 1.38. The summed E-state index contributed by atoms with van der Waals surface area (Å²) in [5.74, 6) is -0.898. The number of halogens is 1. The standard InChI is InChI=1S/C22H26ClN5O3/c1-16(12-20(29)25-26-22(31)17-4-3-7-24-15-17)13-21(30)28-10-8-27(9-11-28)19-6-2-5-18(23)14-19/h2-7,14-16H,8-13H2,1H3,(H,25,29)(H,26,31)/t16-/m1/s1. The van der Waals surface area contributed by atoms with Crippen molar-refractivity contribution < 1.29 is 14.4 Å². The van der Waals surface area contributed by atoms with Crippen LogP contribution in [0.2, 0.25) is 5.02 Å². The summed E-state index contributed by atoms with van der Waals surface area (Å²) >= 11 is 6.06. The topological polar surface area (TPSA) is 94.6 Å². The highest BCUT2D eigenvalue weighted by molar-refractivity contribution is 6.30. The van der Waals surface area contributed by atoms with Gasteiger partial charge in [0.25, 0.3) is 5.91 Å². The quantitative estimate of drug-likeness (QED) is 0.668. The zero-order chi connectivity index (χ0) is 22.2. The number of nitrogens with one attached hydrogen (secondary N) is 2. The van der Waals surface area contributed by atoms with E-state index >= 15 is 0 Å². The van der Waals surface area contributed by atoms with Crippen LogP contribution in [0.5, 0.6) is 0 Å². The number of hydrazine groups is 1. The van der Waals surface area contributed by atoms with E-state index in [1.54, 1.807) is 18.3 Å². The van der Waals surface area contributed by atoms with Crippen LogP contribution in [0.3, 0.4) is 0 Å². The molecular formula is C22H26ClN5O3. The van der Waals surface area contributed by atoms with Crippen molar-refractivity contribution in [3.63, 3.8) is 0 Å². The van der Waals surface area contributed by atoms with E-state index < -0.39 is 5.91 Å². The number of piperazine rings is 1. The van der Waals surface area contributed by atoms with Crippen LogP contribution >= 0.6 is 11.6 Å². The molecule has 0 saturated carbocycles. The van der Waals surface area contributed by atoms with Gasteiger partial charge in [0.05, 0.1) is 5.56 Å². The van der Waals surface area contributed by atoms with Gasteiger partial charge in [0.1, 0.15) is 0 Å². The Labute approximate surface area is 186 Å². The molecule has 1 aliphatic rings. The van der Waals surface area contributed by atoms with E-state index in [-0.39, 0.29) is 30.6 Å². The third kappa shape index (κ3) is 6.68. The van der Waals surface area contributed by atoms with Gasteiger partial charge < -0.3 is 9.80 Å². The molecule has 164 valence electrons. The van der Waals surface area contributed by atoms with Gasteiger partial charge in [-0.15, -0.1) is 0 Å². The molecule has 1 aliphatic heterocycles. The minimum Gasteiger partial charge on any atom is -0.368 e. The molecule has 9 heteroatoms. The summed E-state index contributed by atoms with van der Waals surface area (Å²) in [5, 5.41) is 0.694. The zero-order valence-electron chi connectivity index (χ0n) is 17.4. The van der Waals surface area contributed by atoms with Crippen LogP contribution in [0, 0.1) is 5.92 Å². The highest BCUT2D eigenvalue weighted by atomic mass is 35.5. The summed E-state index contributed by atoms with van der Waals surface area (Å²) in [6.07, 6.45) is 3.39. The van der Waals surface area contributed by atoms with Crippen molar-refractivity contribution in [1.29, 1.82) is 0 Å². The Morgan fingerprint density at radius 1 is 1.06 bits per heavy atom. The molecule has 3 rings (SSSR count). The van der Waals surface area contributed by atoms with Crippen molar-refractivity contribution in [3.05, 3.63) is 59.4 Å². The van der Waals surface area contributed by atoms with Gasteiger partial charge in [0.2, 0.25) is 11.8 Å². The second-order valence-corrected chi connectivity index (χ2v) is 8.04. The number of benzene rings is 1. The van der Waals surface area contributed by atoms with E-state index in [1.165, 1.54) is 6.20 Å². The molecule has 1 saturated heterocycles. The number of aromatic nitrogens is 1. The molecule has 2 heterocycles. The smallest absolute Gasteiger partial charge is 0.271 e. The minimum atomic E-state index is -0.442. The number of hydrogen-bond acceptors (Lipinski definition) is 5. The Kier molecular flexibility index (Phi) is 7.83. The number of pyridine rings is 1. The highest BCUT2D eigenvalue weighted by Crippen LogP contribution is 2.21. The fourth-order valence-electron chi connectivity index (χ4n) is 3.45. The Bertz CT molecular complexity index is 916. The Morgan fingerprint density at radius 2 is 1.84 bits per heavy atom. The van der Waals surface area contributed by atoms with E-state index in [1.807, 2.05) is 36.1 Å². The number of carbonyl (C=O) groups is 3. The summed E-state index contributed by atoms with van der Waals surface area (Å²) in [4.78, 5) is 44.5. The van der Waals surface area contributed by atoms with Gasteiger partial charge in [-0.1, -0.05) is 24.6 Å². The van der Waals surface area contributed by atoms with Crippen LogP contribution in [0.4, 0.5) is 5.69 Å². The SMILES string of the molecule is C[C@H](CC(=O)NNC(=O)c1cccnc1)CC(=O)N1CCN(c2cccc(Cl)c2)CC1. The van der Waals surface area contributed by atoms with Gasteiger partial charge in [-0.2, -0.15) is 0 Å². The van der Waals surface area contributed by atoms with Crippen LogP contribution in [0.15, 0.2) is 48.8 Å². The molecule has 2 N–H and O–H groups in total. The van der Waals surface area contributed by atoms with Crippen LogP contribution in [-0.4, -0.2) is 53.8 Å². The lowest BCUT2D eigenvalue weighted by Crippen LogP contribution is -2.49. The van der Waals surface area contributed by atoms with Crippen LogP contribution < -0.4 is 15.8 Å². The first-order valence-corrected chi connectivity index (χ1v) is 10.6. The van der Waals surface area contributed by atoms with Crippen molar-refractivity contribution in [2.24, 2.45) is 5.92 Å². The highest BCUT2D eigenvalue weighted by Gasteiger charge is 2.23. The maximum atomic E-state index is 12.6. The molecule has 1 aromatic carbocycles. The molecule has 2 aromatic rings. The Morgan fingerprint density at radius 3 is 2.52 bits per heavy atom. The summed E-state index contributed by atoms with van der Waals surface area (Å²) in [6.45, 7) is 4.59. The molecule has 3 amide bonds. The number of carbonyl (C=O) groups excluding carboxylic acids is 3. The maximum Gasteiger partial charge on any atom is 0.271 e. The molecule has 8 nitrogen and oxygen atoms in total. The molecular weight excluding hydrogens is 418 g/mol. The van der Waals surface area contributed by atoms with Gasteiger partial charge in [0, 0.05) is 62.1 Å². The summed E-state index contributed by atoms with van der Waals surface area (Å²) < 4.78 is 0.